The number of anilines is 1. The molecular weight excluding hydrogens is 331 g/mol. The van der Waals surface area contributed by atoms with Crippen LogP contribution in [0.25, 0.3) is 11.3 Å². The van der Waals surface area contributed by atoms with Gasteiger partial charge in [-0.25, -0.2) is 9.40 Å². The number of aromatic hydroxyl groups is 1. The van der Waals surface area contributed by atoms with E-state index in [1.807, 2.05) is 13.1 Å². The number of piperidine rings is 1. The molecule has 1 aromatic heterocycles. The second kappa shape index (κ2) is 6.50. The first-order valence-electron chi connectivity index (χ1n) is 8.98. The number of nitrogens with zero attached hydrogens (tertiary/aromatic N) is 4. The summed E-state index contributed by atoms with van der Waals surface area (Å²) in [5.41, 5.74) is 1.02. The SMILES string of the molecule is CN(c1ccc(-c2ccc(F)cc2O)nn1)N1C(C)(C)CCCC1(C)C. The fourth-order valence-corrected chi connectivity index (χ4v) is 4.26. The molecule has 1 N–H and O–H groups in total. The first-order valence-corrected chi connectivity index (χ1v) is 8.98. The van der Waals surface area contributed by atoms with E-state index in [0.29, 0.717) is 11.3 Å². The molecular formula is C20H27FN4O. The van der Waals surface area contributed by atoms with Crippen molar-refractivity contribution in [2.75, 3.05) is 12.1 Å². The normalized spacial score (nSPS) is 19.3. The highest BCUT2D eigenvalue weighted by molar-refractivity contribution is 5.66. The van der Waals surface area contributed by atoms with Gasteiger partial charge in [0, 0.05) is 29.8 Å². The molecule has 1 aliphatic heterocycles. The monoisotopic (exact) mass is 358 g/mol. The largest absolute Gasteiger partial charge is 0.507 e. The molecule has 6 heteroatoms. The maximum Gasteiger partial charge on any atom is 0.165 e. The predicted molar refractivity (Wildman–Crippen MR) is 101 cm³/mol. The number of hydrazine groups is 1. The summed E-state index contributed by atoms with van der Waals surface area (Å²) in [4.78, 5) is 0. The van der Waals surface area contributed by atoms with Gasteiger partial charge in [0.25, 0.3) is 0 Å². The number of halogens is 1. The third kappa shape index (κ3) is 3.38. The van der Waals surface area contributed by atoms with Crippen LogP contribution in [-0.4, -0.2) is 38.4 Å². The molecule has 0 radical (unpaired) electrons. The molecule has 0 unspecified atom stereocenters. The van der Waals surface area contributed by atoms with Crippen molar-refractivity contribution in [3.05, 3.63) is 36.1 Å². The highest BCUT2D eigenvalue weighted by Gasteiger charge is 2.44. The van der Waals surface area contributed by atoms with Gasteiger partial charge in [-0.05, 0) is 71.2 Å². The molecule has 26 heavy (non-hydrogen) atoms. The molecule has 0 spiro atoms. The average Bonchev–Trinajstić information content (AvgIpc) is 2.53. The fourth-order valence-electron chi connectivity index (χ4n) is 4.26. The molecule has 5 nitrogen and oxygen atoms in total. The second-order valence-corrected chi connectivity index (χ2v) is 8.25. The van der Waals surface area contributed by atoms with Gasteiger partial charge in [-0.3, -0.25) is 5.01 Å². The lowest BCUT2D eigenvalue weighted by molar-refractivity contribution is -0.0332. The van der Waals surface area contributed by atoms with Crippen LogP contribution in [0, 0.1) is 5.82 Å². The number of hydrogen-bond donors (Lipinski definition) is 1. The molecule has 1 fully saturated rings. The average molecular weight is 358 g/mol. The Morgan fingerprint density at radius 2 is 1.69 bits per heavy atom. The molecule has 2 heterocycles. The van der Waals surface area contributed by atoms with Crippen LogP contribution < -0.4 is 5.01 Å². The van der Waals surface area contributed by atoms with Crippen molar-refractivity contribution in [2.24, 2.45) is 0 Å². The van der Waals surface area contributed by atoms with Crippen molar-refractivity contribution in [1.29, 1.82) is 0 Å². The summed E-state index contributed by atoms with van der Waals surface area (Å²) in [7, 11) is 2.01. The Kier molecular flexibility index (Phi) is 4.65. The molecule has 0 amide bonds. The maximum atomic E-state index is 13.2. The van der Waals surface area contributed by atoms with E-state index in [2.05, 4.69) is 47.9 Å². The minimum atomic E-state index is -0.481. The van der Waals surface area contributed by atoms with Crippen molar-refractivity contribution in [3.63, 3.8) is 0 Å². The zero-order chi connectivity index (χ0) is 19.1. The topological polar surface area (TPSA) is 52.5 Å². The van der Waals surface area contributed by atoms with E-state index >= 15 is 0 Å². The quantitative estimate of drug-likeness (QED) is 0.882. The number of phenolic OH excluding ortho intramolecular Hbond substituents is 1. The van der Waals surface area contributed by atoms with Crippen molar-refractivity contribution in [3.8, 4) is 17.0 Å². The van der Waals surface area contributed by atoms with Crippen LogP contribution in [0.4, 0.5) is 10.2 Å². The lowest BCUT2D eigenvalue weighted by Crippen LogP contribution is -2.64. The minimum absolute atomic E-state index is 0.0199. The van der Waals surface area contributed by atoms with Crippen LogP contribution in [0.15, 0.2) is 30.3 Å². The van der Waals surface area contributed by atoms with Crippen LogP contribution in [0.1, 0.15) is 47.0 Å². The molecule has 1 saturated heterocycles. The van der Waals surface area contributed by atoms with Gasteiger partial charge in [0.15, 0.2) is 5.82 Å². The maximum absolute atomic E-state index is 13.2. The van der Waals surface area contributed by atoms with Gasteiger partial charge in [-0.15, -0.1) is 10.2 Å². The highest BCUT2D eigenvalue weighted by atomic mass is 19.1. The van der Waals surface area contributed by atoms with Gasteiger partial charge in [-0.2, -0.15) is 0 Å². The first kappa shape index (κ1) is 18.6. The van der Waals surface area contributed by atoms with E-state index in [9.17, 15) is 9.50 Å². The molecule has 2 aromatic rings. The summed E-state index contributed by atoms with van der Waals surface area (Å²) in [6, 6.07) is 7.57. The number of phenols is 1. The Morgan fingerprint density at radius 3 is 2.23 bits per heavy atom. The van der Waals surface area contributed by atoms with Crippen molar-refractivity contribution in [2.45, 2.75) is 58.0 Å². The van der Waals surface area contributed by atoms with Crippen LogP contribution in [0.3, 0.4) is 0 Å². The lowest BCUT2D eigenvalue weighted by Gasteiger charge is -2.56. The lowest BCUT2D eigenvalue weighted by atomic mass is 9.81. The highest BCUT2D eigenvalue weighted by Crippen LogP contribution is 2.40. The number of benzene rings is 1. The Hall–Kier alpha value is -2.21. The van der Waals surface area contributed by atoms with E-state index < -0.39 is 5.82 Å². The number of aromatic nitrogens is 2. The van der Waals surface area contributed by atoms with Gasteiger partial charge in [0.05, 0.1) is 5.69 Å². The van der Waals surface area contributed by atoms with Crippen molar-refractivity contribution < 1.29 is 9.50 Å². The van der Waals surface area contributed by atoms with E-state index in [0.717, 1.165) is 24.7 Å². The molecule has 1 aromatic carbocycles. The summed E-state index contributed by atoms with van der Waals surface area (Å²) in [6.07, 6.45) is 3.45. The smallest absolute Gasteiger partial charge is 0.165 e. The standard InChI is InChI=1S/C20H27FN4O/c1-19(2)11-6-12-20(3,4)25(19)24(5)18-10-9-16(22-23-18)15-8-7-14(21)13-17(15)26/h7-10,13,26H,6,11-12H2,1-5H3. The zero-order valence-corrected chi connectivity index (χ0v) is 16.1. The fraction of sp³-hybridized carbons (Fsp3) is 0.500. The number of rotatable bonds is 3. The van der Waals surface area contributed by atoms with E-state index in [1.54, 1.807) is 6.07 Å². The van der Waals surface area contributed by atoms with Crippen LogP contribution in [0.5, 0.6) is 5.75 Å². The third-order valence-corrected chi connectivity index (χ3v) is 5.24. The molecule has 140 valence electrons. The first-order chi connectivity index (χ1) is 12.1. The van der Waals surface area contributed by atoms with E-state index in [4.69, 9.17) is 0 Å². The van der Waals surface area contributed by atoms with Gasteiger partial charge >= 0.3 is 0 Å². The Labute approximate surface area is 154 Å². The van der Waals surface area contributed by atoms with Gasteiger partial charge in [0.1, 0.15) is 11.6 Å². The molecule has 1 aliphatic rings. The van der Waals surface area contributed by atoms with Crippen LogP contribution in [0.2, 0.25) is 0 Å². The summed E-state index contributed by atoms with van der Waals surface area (Å²) in [6.45, 7) is 9.01. The summed E-state index contributed by atoms with van der Waals surface area (Å²) < 4.78 is 13.2. The van der Waals surface area contributed by atoms with E-state index in [-0.39, 0.29) is 16.8 Å². The molecule has 0 atom stereocenters. The molecule has 0 aliphatic carbocycles. The summed E-state index contributed by atoms with van der Waals surface area (Å²) in [5, 5.41) is 23.0. The van der Waals surface area contributed by atoms with Gasteiger partial charge in [-0.1, -0.05) is 0 Å². The van der Waals surface area contributed by atoms with Crippen LogP contribution in [-0.2, 0) is 0 Å². The number of hydrogen-bond acceptors (Lipinski definition) is 5. The third-order valence-electron chi connectivity index (χ3n) is 5.24. The zero-order valence-electron chi connectivity index (χ0n) is 16.1. The van der Waals surface area contributed by atoms with E-state index in [1.165, 1.54) is 18.6 Å². The van der Waals surface area contributed by atoms with Crippen molar-refractivity contribution in [1.82, 2.24) is 15.2 Å². The minimum Gasteiger partial charge on any atom is -0.507 e. The summed E-state index contributed by atoms with van der Waals surface area (Å²) >= 11 is 0. The Bertz CT molecular complexity index is 773. The predicted octanol–water partition coefficient (Wildman–Crippen LogP) is 4.38. The molecule has 3 rings (SSSR count). The Balaban J connectivity index is 1.90. The van der Waals surface area contributed by atoms with Crippen molar-refractivity contribution >= 4 is 5.82 Å². The molecule has 0 bridgehead atoms. The van der Waals surface area contributed by atoms with Gasteiger partial charge in [0.2, 0.25) is 0 Å². The van der Waals surface area contributed by atoms with Crippen LogP contribution >= 0.6 is 0 Å². The Morgan fingerprint density at radius 1 is 1.04 bits per heavy atom. The summed E-state index contributed by atoms with van der Waals surface area (Å²) in [5.74, 6) is 0.113. The second-order valence-electron chi connectivity index (χ2n) is 8.25. The van der Waals surface area contributed by atoms with Gasteiger partial charge < -0.3 is 5.11 Å². The molecule has 0 saturated carbocycles.